The molecule has 0 aliphatic carbocycles. The van der Waals surface area contributed by atoms with E-state index in [9.17, 15) is 0 Å². The summed E-state index contributed by atoms with van der Waals surface area (Å²) in [5, 5.41) is 0. The minimum atomic E-state index is -4.89. The fourth-order valence-electron chi connectivity index (χ4n) is 0.505. The molecule has 1 heterocycles. The van der Waals surface area contributed by atoms with E-state index in [2.05, 4.69) is 4.98 Å². The van der Waals surface area contributed by atoms with Crippen LogP contribution in [0.2, 0.25) is 0 Å². The molecule has 8 heteroatoms. The number of nitrogen functional groups attached to an aromatic ring is 2. The summed E-state index contributed by atoms with van der Waals surface area (Å²) in [4.78, 5) is 25.6. The second kappa shape index (κ2) is 4.78. The predicted octanol–water partition coefficient (Wildman–Crippen LogP) is -1.90. The molecule has 0 saturated carbocycles. The summed E-state index contributed by atoms with van der Waals surface area (Å²) in [6.07, 6.45) is 0. The highest BCUT2D eigenvalue weighted by Gasteiger charge is 1.88. The average Bonchev–Trinajstić information content (AvgIpc) is 1.81. The molecule has 0 spiro atoms. The molecule has 13 heavy (non-hydrogen) atoms. The third-order valence-corrected chi connectivity index (χ3v) is 0.840. The highest BCUT2D eigenvalue weighted by molar-refractivity contribution is 7.43. The summed E-state index contributed by atoms with van der Waals surface area (Å²) in [7, 11) is -4.89. The lowest BCUT2D eigenvalue weighted by atomic mass is 10.4. The molecule has 74 valence electrons. The van der Waals surface area contributed by atoms with Gasteiger partial charge in [-0.1, -0.05) is 0 Å². The van der Waals surface area contributed by atoms with Crippen molar-refractivity contribution < 1.29 is 24.2 Å². The number of pyridine rings is 1. The monoisotopic (exact) mass is 207 g/mol. The van der Waals surface area contributed by atoms with Gasteiger partial charge in [0.1, 0.15) is 0 Å². The van der Waals surface area contributed by atoms with Crippen molar-refractivity contribution in [2.24, 2.45) is 0 Å². The van der Waals surface area contributed by atoms with Crippen LogP contribution in [-0.2, 0) is 4.57 Å². The van der Waals surface area contributed by atoms with Gasteiger partial charge < -0.3 is 26.1 Å². The van der Waals surface area contributed by atoms with Gasteiger partial charge in [-0.15, -0.1) is 0 Å². The van der Waals surface area contributed by atoms with Crippen molar-refractivity contribution in [2.45, 2.75) is 0 Å². The van der Waals surface area contributed by atoms with E-state index in [0.29, 0.717) is 11.6 Å². The highest BCUT2D eigenvalue weighted by Crippen LogP contribution is 2.18. The first-order valence-corrected chi connectivity index (χ1v) is 4.62. The van der Waals surface area contributed by atoms with Gasteiger partial charge in [0.15, 0.2) is 0 Å². The van der Waals surface area contributed by atoms with Crippen molar-refractivity contribution in [2.75, 3.05) is 11.5 Å². The van der Waals surface area contributed by atoms with Crippen molar-refractivity contribution >= 4 is 19.5 Å². The van der Waals surface area contributed by atoms with E-state index < -0.39 is 7.82 Å². The Bertz CT molecular complexity index is 287. The number of aromatic nitrogens is 1. The average molecular weight is 207 g/mol. The van der Waals surface area contributed by atoms with E-state index in [1.54, 1.807) is 18.2 Å². The fraction of sp³-hybridized carbons (Fsp3) is 0. The normalized spacial score (nSPS) is 10.1. The number of phosphoric acid groups is 1. The number of nitrogens with one attached hydrogen (secondary N) is 1. The van der Waals surface area contributed by atoms with Crippen molar-refractivity contribution in [1.29, 1.82) is 0 Å². The minimum Gasteiger partial charge on any atom is -0.756 e. The van der Waals surface area contributed by atoms with Crippen LogP contribution in [0.1, 0.15) is 0 Å². The van der Waals surface area contributed by atoms with Crippen LogP contribution in [0.3, 0.4) is 0 Å². The number of rotatable bonds is 0. The summed E-state index contributed by atoms with van der Waals surface area (Å²) >= 11 is 0. The van der Waals surface area contributed by atoms with Crippen molar-refractivity contribution in [3.05, 3.63) is 18.2 Å². The molecule has 0 aliphatic rings. The molecular weight excluding hydrogens is 197 g/mol. The lowest BCUT2D eigenvalue weighted by Gasteiger charge is -2.01. The lowest BCUT2D eigenvalue weighted by molar-refractivity contribution is -0.342. The molecule has 0 saturated heterocycles. The molecule has 0 amide bonds. The first kappa shape index (κ1) is 11.9. The molecule has 0 aromatic carbocycles. The quantitative estimate of drug-likeness (QED) is 0.365. The van der Waals surface area contributed by atoms with Crippen LogP contribution in [-0.4, -0.2) is 9.79 Å². The molecular formula is C5H10N3O4P. The van der Waals surface area contributed by atoms with E-state index in [0.717, 1.165) is 0 Å². The van der Waals surface area contributed by atoms with Crippen molar-refractivity contribution in [3.8, 4) is 0 Å². The summed E-state index contributed by atoms with van der Waals surface area (Å²) < 4.78 is 8.77. The molecule has 0 unspecified atom stereocenters. The van der Waals surface area contributed by atoms with Crippen LogP contribution in [0.25, 0.3) is 0 Å². The van der Waals surface area contributed by atoms with Crippen LogP contribution in [0.15, 0.2) is 18.2 Å². The Morgan fingerprint density at radius 3 is 1.77 bits per heavy atom. The fourth-order valence-corrected chi connectivity index (χ4v) is 0.505. The third kappa shape index (κ3) is 10.9. The minimum absolute atomic E-state index is 0.588. The molecule has 1 aromatic rings. The van der Waals surface area contributed by atoms with Crippen molar-refractivity contribution in [3.63, 3.8) is 0 Å². The van der Waals surface area contributed by atoms with Crippen LogP contribution < -0.4 is 21.3 Å². The summed E-state index contributed by atoms with van der Waals surface area (Å²) in [5.74, 6) is 1.18. The first-order chi connectivity index (χ1) is 5.79. The number of hydrogen-bond donors (Lipinski definition) is 4. The molecule has 0 atom stereocenters. The number of aromatic amines is 1. The van der Waals surface area contributed by atoms with Gasteiger partial charge in [-0.2, -0.15) is 0 Å². The van der Waals surface area contributed by atoms with Crippen molar-refractivity contribution in [1.82, 2.24) is 0 Å². The zero-order chi connectivity index (χ0) is 10.5. The summed E-state index contributed by atoms with van der Waals surface area (Å²) in [6.45, 7) is 0. The van der Waals surface area contributed by atoms with E-state index in [1.165, 1.54) is 0 Å². The van der Waals surface area contributed by atoms with Gasteiger partial charge >= 0.3 is 0 Å². The van der Waals surface area contributed by atoms with Gasteiger partial charge in [-0.3, -0.25) is 4.57 Å². The first-order valence-electron chi connectivity index (χ1n) is 3.09. The SMILES string of the molecule is Nc1cccc(N)[nH+]1.O=P([O-])(O)O. The number of nitrogens with two attached hydrogens (primary N) is 2. The molecule has 1 rings (SSSR count). The van der Waals surface area contributed by atoms with Crippen LogP contribution in [0.4, 0.5) is 11.6 Å². The Kier molecular flexibility index (Phi) is 4.36. The smallest absolute Gasteiger partial charge is 0.262 e. The second-order valence-corrected chi connectivity index (χ2v) is 3.03. The Morgan fingerprint density at radius 1 is 1.31 bits per heavy atom. The number of H-pyrrole nitrogens is 1. The highest BCUT2D eigenvalue weighted by atomic mass is 31.2. The van der Waals surface area contributed by atoms with Gasteiger partial charge in [-0.25, -0.2) is 4.98 Å². The number of hydrogen-bond acceptors (Lipinski definition) is 4. The Balaban J connectivity index is 0.000000252. The van der Waals surface area contributed by atoms with E-state index >= 15 is 0 Å². The lowest BCUT2D eigenvalue weighted by Crippen LogP contribution is -2.14. The van der Waals surface area contributed by atoms with Gasteiger partial charge in [-0.05, 0) is 6.07 Å². The molecule has 7 N–H and O–H groups in total. The van der Waals surface area contributed by atoms with Gasteiger partial charge in [0, 0.05) is 12.1 Å². The largest absolute Gasteiger partial charge is 0.756 e. The topological polar surface area (TPSA) is 147 Å². The van der Waals surface area contributed by atoms with Crippen LogP contribution in [0.5, 0.6) is 0 Å². The Labute approximate surface area is 74.3 Å². The maximum absolute atomic E-state index is 8.77. The molecule has 1 aromatic heterocycles. The Morgan fingerprint density at radius 2 is 1.62 bits per heavy atom. The van der Waals surface area contributed by atoms with Gasteiger partial charge in [0.25, 0.3) is 7.82 Å². The standard InChI is InChI=1S/C5H7N3.H3O4P/c6-4-2-1-3-5(7)8-4;1-5(2,3)4/h1-3H,(H4,6,7,8);(H3,1,2,3,4). The zero-order valence-electron chi connectivity index (χ0n) is 6.54. The second-order valence-electron chi connectivity index (χ2n) is 2.05. The maximum Gasteiger partial charge on any atom is 0.262 e. The van der Waals surface area contributed by atoms with Crippen LogP contribution in [0, 0.1) is 0 Å². The Hall–Kier alpha value is -1.14. The summed E-state index contributed by atoms with van der Waals surface area (Å²) in [6, 6.07) is 5.29. The van der Waals surface area contributed by atoms with Gasteiger partial charge in [0.2, 0.25) is 11.6 Å². The van der Waals surface area contributed by atoms with Crippen LogP contribution >= 0.6 is 7.82 Å². The molecule has 0 bridgehead atoms. The molecule has 0 radical (unpaired) electrons. The predicted molar refractivity (Wildman–Crippen MR) is 43.9 cm³/mol. The third-order valence-electron chi connectivity index (χ3n) is 0.840. The molecule has 0 fully saturated rings. The zero-order valence-corrected chi connectivity index (χ0v) is 7.44. The van der Waals surface area contributed by atoms with E-state index in [4.69, 9.17) is 30.7 Å². The summed E-state index contributed by atoms with van der Waals surface area (Å²) in [5.41, 5.74) is 10.6. The molecule has 0 aliphatic heterocycles. The van der Waals surface area contributed by atoms with Gasteiger partial charge in [0.05, 0.1) is 0 Å². The molecule has 7 nitrogen and oxygen atoms in total. The maximum atomic E-state index is 8.77. The number of anilines is 2. The van der Waals surface area contributed by atoms with E-state index in [1.807, 2.05) is 0 Å². The van der Waals surface area contributed by atoms with E-state index in [-0.39, 0.29) is 0 Å².